The third kappa shape index (κ3) is 2.87. The molecule has 1 aromatic rings. The van der Waals surface area contributed by atoms with Gasteiger partial charge in [-0.05, 0) is 26.3 Å². The maximum Gasteiger partial charge on any atom is 0.274 e. The van der Waals surface area contributed by atoms with Gasteiger partial charge in [0, 0.05) is 37.9 Å². The van der Waals surface area contributed by atoms with Crippen molar-refractivity contribution in [1.29, 1.82) is 0 Å². The fourth-order valence-electron chi connectivity index (χ4n) is 2.85. The Labute approximate surface area is 120 Å². The lowest BCUT2D eigenvalue weighted by atomic mass is 9.81. The summed E-state index contributed by atoms with van der Waals surface area (Å²) in [6, 6.07) is 2.07. The molecule has 0 radical (unpaired) electrons. The third-order valence-electron chi connectivity index (χ3n) is 4.06. The van der Waals surface area contributed by atoms with E-state index in [9.17, 15) is 4.79 Å². The zero-order chi connectivity index (χ0) is 14.9. The molecule has 2 heterocycles. The van der Waals surface area contributed by atoms with Crippen LogP contribution in [0.25, 0.3) is 0 Å². The minimum absolute atomic E-state index is 0.0204. The van der Waals surface area contributed by atoms with Crippen molar-refractivity contribution < 1.29 is 9.53 Å². The normalized spacial score (nSPS) is 22.3. The molecule has 5 heteroatoms. The minimum atomic E-state index is -0.0245. The van der Waals surface area contributed by atoms with Crippen molar-refractivity contribution in [1.82, 2.24) is 14.7 Å². The summed E-state index contributed by atoms with van der Waals surface area (Å²) in [5.74, 6) is 0.0204. The van der Waals surface area contributed by atoms with Crippen LogP contribution in [-0.4, -0.2) is 46.9 Å². The Bertz CT molecular complexity index is 479. The van der Waals surface area contributed by atoms with Crippen LogP contribution in [0.3, 0.4) is 0 Å². The summed E-state index contributed by atoms with van der Waals surface area (Å²) in [6.07, 6.45) is 2.95. The SMILES string of the molecule is COC1CCN(C(=O)c2ccn(C(C)C)n2)CC1(C)C. The molecule has 1 aromatic heterocycles. The number of carbonyl (C=O) groups excluding carboxylic acids is 1. The number of amides is 1. The van der Waals surface area contributed by atoms with Crippen molar-refractivity contribution >= 4 is 5.91 Å². The molecule has 0 spiro atoms. The first-order chi connectivity index (χ1) is 9.35. The Balaban J connectivity index is 2.10. The summed E-state index contributed by atoms with van der Waals surface area (Å²) >= 11 is 0. The predicted molar refractivity (Wildman–Crippen MR) is 77.7 cm³/mol. The van der Waals surface area contributed by atoms with Crippen LogP contribution in [0.4, 0.5) is 0 Å². The number of aromatic nitrogens is 2. The van der Waals surface area contributed by atoms with Crippen LogP contribution in [0.2, 0.25) is 0 Å². The first-order valence-electron chi connectivity index (χ1n) is 7.22. The molecule has 20 heavy (non-hydrogen) atoms. The van der Waals surface area contributed by atoms with Crippen LogP contribution in [0, 0.1) is 5.41 Å². The first-order valence-corrected chi connectivity index (χ1v) is 7.22. The van der Waals surface area contributed by atoms with E-state index in [0.717, 1.165) is 13.0 Å². The fraction of sp³-hybridized carbons (Fsp3) is 0.733. The Morgan fingerprint density at radius 3 is 2.70 bits per heavy atom. The van der Waals surface area contributed by atoms with E-state index in [1.807, 2.05) is 15.8 Å². The Kier molecular flexibility index (Phi) is 4.18. The van der Waals surface area contributed by atoms with Gasteiger partial charge in [-0.3, -0.25) is 9.48 Å². The maximum absolute atomic E-state index is 12.5. The second kappa shape index (κ2) is 5.56. The molecule has 112 valence electrons. The summed E-state index contributed by atoms with van der Waals surface area (Å²) < 4.78 is 7.34. The van der Waals surface area contributed by atoms with Gasteiger partial charge in [0.05, 0.1) is 6.10 Å². The summed E-state index contributed by atoms with van der Waals surface area (Å²) in [6.45, 7) is 9.83. The lowest BCUT2D eigenvalue weighted by Gasteiger charge is -2.43. The van der Waals surface area contributed by atoms with Gasteiger partial charge in [-0.1, -0.05) is 13.8 Å². The first kappa shape index (κ1) is 15.0. The smallest absolute Gasteiger partial charge is 0.274 e. The number of hydrogen-bond acceptors (Lipinski definition) is 3. The molecule has 1 fully saturated rings. The largest absolute Gasteiger partial charge is 0.381 e. The van der Waals surface area contributed by atoms with Crippen LogP contribution in [0.1, 0.15) is 50.6 Å². The van der Waals surface area contributed by atoms with Crippen LogP contribution >= 0.6 is 0 Å². The molecule has 0 saturated carbocycles. The number of likely N-dealkylation sites (tertiary alicyclic amines) is 1. The number of methoxy groups -OCH3 is 1. The predicted octanol–water partition coefficient (Wildman–Crippen LogP) is 2.35. The zero-order valence-electron chi connectivity index (χ0n) is 13.1. The average Bonchev–Trinajstić information content (AvgIpc) is 2.86. The number of piperidine rings is 1. The maximum atomic E-state index is 12.5. The lowest BCUT2D eigenvalue weighted by Crippen LogP contribution is -2.51. The van der Waals surface area contributed by atoms with E-state index in [1.165, 1.54) is 0 Å². The number of ether oxygens (including phenoxy) is 1. The second-order valence-electron chi connectivity index (χ2n) is 6.50. The fourth-order valence-corrected chi connectivity index (χ4v) is 2.85. The quantitative estimate of drug-likeness (QED) is 0.853. The van der Waals surface area contributed by atoms with Crippen molar-refractivity contribution in [3.63, 3.8) is 0 Å². The Morgan fingerprint density at radius 1 is 1.50 bits per heavy atom. The summed E-state index contributed by atoms with van der Waals surface area (Å²) in [7, 11) is 1.74. The van der Waals surface area contributed by atoms with Crippen molar-refractivity contribution in [2.24, 2.45) is 5.41 Å². The molecule has 5 nitrogen and oxygen atoms in total. The van der Waals surface area contributed by atoms with Gasteiger partial charge in [-0.15, -0.1) is 0 Å². The highest BCUT2D eigenvalue weighted by molar-refractivity contribution is 5.92. The number of carbonyl (C=O) groups is 1. The zero-order valence-corrected chi connectivity index (χ0v) is 13.1. The highest BCUT2D eigenvalue weighted by Crippen LogP contribution is 2.31. The van der Waals surface area contributed by atoms with E-state index >= 15 is 0 Å². The molecule has 1 aliphatic heterocycles. The summed E-state index contributed by atoms with van der Waals surface area (Å²) in [4.78, 5) is 14.4. The van der Waals surface area contributed by atoms with Crippen LogP contribution in [0.15, 0.2) is 12.3 Å². The van der Waals surface area contributed by atoms with Gasteiger partial charge >= 0.3 is 0 Å². The van der Waals surface area contributed by atoms with Crippen LogP contribution in [0.5, 0.6) is 0 Å². The monoisotopic (exact) mass is 279 g/mol. The molecule has 0 bridgehead atoms. The minimum Gasteiger partial charge on any atom is -0.381 e. The Morgan fingerprint density at radius 2 is 2.20 bits per heavy atom. The van der Waals surface area contributed by atoms with Gasteiger partial charge in [-0.25, -0.2) is 0 Å². The Hall–Kier alpha value is -1.36. The van der Waals surface area contributed by atoms with Gasteiger partial charge < -0.3 is 9.64 Å². The van der Waals surface area contributed by atoms with Gasteiger partial charge in [0.15, 0.2) is 0 Å². The number of rotatable bonds is 3. The van der Waals surface area contributed by atoms with Crippen molar-refractivity contribution in [2.45, 2.75) is 46.3 Å². The van der Waals surface area contributed by atoms with Gasteiger partial charge in [-0.2, -0.15) is 5.10 Å². The molecule has 0 N–H and O–H groups in total. The second-order valence-corrected chi connectivity index (χ2v) is 6.50. The van der Waals surface area contributed by atoms with Gasteiger partial charge in [0.1, 0.15) is 5.69 Å². The molecular formula is C15H25N3O2. The topological polar surface area (TPSA) is 47.4 Å². The standard InChI is InChI=1S/C15H25N3O2/c1-11(2)18-9-6-12(16-18)14(19)17-8-7-13(20-5)15(3,4)10-17/h6,9,11,13H,7-8,10H2,1-5H3. The van der Waals surface area contributed by atoms with E-state index in [-0.39, 0.29) is 23.5 Å². The molecule has 1 aliphatic rings. The average molecular weight is 279 g/mol. The van der Waals surface area contributed by atoms with Gasteiger partial charge in [0.25, 0.3) is 5.91 Å². The van der Waals surface area contributed by atoms with Gasteiger partial charge in [0.2, 0.25) is 0 Å². The van der Waals surface area contributed by atoms with E-state index in [0.29, 0.717) is 12.2 Å². The lowest BCUT2D eigenvalue weighted by molar-refractivity contribution is -0.0444. The number of nitrogens with zero attached hydrogens (tertiary/aromatic N) is 3. The summed E-state index contributed by atoms with van der Waals surface area (Å²) in [5.41, 5.74) is 0.508. The summed E-state index contributed by atoms with van der Waals surface area (Å²) in [5, 5.41) is 4.37. The highest BCUT2D eigenvalue weighted by atomic mass is 16.5. The van der Waals surface area contributed by atoms with Crippen molar-refractivity contribution in [3.05, 3.63) is 18.0 Å². The molecule has 0 aliphatic carbocycles. The molecule has 1 unspecified atom stereocenters. The van der Waals surface area contributed by atoms with E-state index < -0.39 is 0 Å². The molecule has 2 rings (SSSR count). The molecule has 1 atom stereocenters. The van der Waals surface area contributed by atoms with Crippen LogP contribution in [-0.2, 0) is 4.74 Å². The van der Waals surface area contributed by atoms with Crippen LogP contribution < -0.4 is 0 Å². The molecule has 1 amide bonds. The van der Waals surface area contributed by atoms with Crippen molar-refractivity contribution in [2.75, 3.05) is 20.2 Å². The highest BCUT2D eigenvalue weighted by Gasteiger charge is 2.38. The van der Waals surface area contributed by atoms with E-state index in [2.05, 4.69) is 32.8 Å². The molecular weight excluding hydrogens is 254 g/mol. The van der Waals surface area contributed by atoms with Crippen molar-refractivity contribution in [3.8, 4) is 0 Å². The molecule has 1 saturated heterocycles. The third-order valence-corrected chi connectivity index (χ3v) is 4.06. The number of hydrogen-bond donors (Lipinski definition) is 0. The van der Waals surface area contributed by atoms with E-state index in [4.69, 9.17) is 4.74 Å². The van der Waals surface area contributed by atoms with E-state index in [1.54, 1.807) is 13.2 Å². The molecule has 0 aromatic carbocycles.